The molecule has 0 aliphatic carbocycles. The SMILES string of the molecule is CCn1c(CNC(=O)COc2cc(C)ccc2C(C)C)nnc1SCC(=O)Nc1ccc(C)cc1. The molecule has 1 heterocycles. The molecule has 3 rings (SSSR count). The summed E-state index contributed by atoms with van der Waals surface area (Å²) in [5.74, 6) is 1.51. The van der Waals surface area contributed by atoms with Crippen molar-refractivity contribution in [1.82, 2.24) is 20.1 Å². The molecule has 3 aromatic rings. The number of amides is 2. The molecule has 0 aliphatic rings. The van der Waals surface area contributed by atoms with Crippen LogP contribution >= 0.6 is 11.8 Å². The second kappa shape index (κ2) is 12.4. The Balaban J connectivity index is 1.51. The van der Waals surface area contributed by atoms with Gasteiger partial charge in [-0.3, -0.25) is 9.59 Å². The fourth-order valence-corrected chi connectivity index (χ4v) is 4.28. The summed E-state index contributed by atoms with van der Waals surface area (Å²) in [5, 5.41) is 14.8. The molecule has 8 nitrogen and oxygen atoms in total. The number of aromatic nitrogens is 3. The molecule has 0 saturated heterocycles. The normalized spacial score (nSPS) is 10.9. The number of aryl methyl sites for hydroxylation is 2. The largest absolute Gasteiger partial charge is 0.483 e. The van der Waals surface area contributed by atoms with Crippen molar-refractivity contribution in [3.05, 3.63) is 65.0 Å². The number of benzene rings is 2. The van der Waals surface area contributed by atoms with Crippen LogP contribution in [0.15, 0.2) is 47.6 Å². The van der Waals surface area contributed by atoms with Crippen LogP contribution in [0.2, 0.25) is 0 Å². The Kier molecular flexibility index (Phi) is 9.31. The molecule has 0 unspecified atom stereocenters. The molecule has 2 N–H and O–H groups in total. The third-order valence-corrected chi connectivity index (χ3v) is 6.34. The smallest absolute Gasteiger partial charge is 0.258 e. The molecule has 0 bridgehead atoms. The Morgan fingerprint density at radius 2 is 1.74 bits per heavy atom. The molecule has 0 radical (unpaired) electrons. The van der Waals surface area contributed by atoms with E-state index in [-0.39, 0.29) is 30.7 Å². The number of hydrogen-bond donors (Lipinski definition) is 2. The van der Waals surface area contributed by atoms with Gasteiger partial charge in [0, 0.05) is 12.2 Å². The summed E-state index contributed by atoms with van der Waals surface area (Å²) >= 11 is 1.31. The van der Waals surface area contributed by atoms with Gasteiger partial charge in [-0.25, -0.2) is 0 Å². The molecule has 0 fully saturated rings. The summed E-state index contributed by atoms with van der Waals surface area (Å²) in [6.45, 7) is 10.9. The first kappa shape index (κ1) is 26.3. The first-order valence-corrected chi connectivity index (χ1v) is 12.7. The molecule has 0 spiro atoms. The van der Waals surface area contributed by atoms with E-state index in [1.807, 2.05) is 67.8 Å². The van der Waals surface area contributed by atoms with E-state index in [1.54, 1.807) is 0 Å². The highest BCUT2D eigenvalue weighted by molar-refractivity contribution is 7.99. The molecule has 9 heteroatoms. The van der Waals surface area contributed by atoms with Crippen molar-refractivity contribution in [2.75, 3.05) is 17.7 Å². The topological polar surface area (TPSA) is 98.1 Å². The van der Waals surface area contributed by atoms with Crippen LogP contribution in [0.4, 0.5) is 5.69 Å². The second-order valence-electron chi connectivity index (χ2n) is 8.61. The standard InChI is InChI=1S/C26H33N5O3S/c1-6-31-23(14-27-24(32)15-34-22-13-19(5)9-12-21(22)17(2)3)29-30-26(31)35-16-25(33)28-20-10-7-18(4)8-11-20/h7-13,17H,6,14-16H2,1-5H3,(H,27,32)(H,28,33). The van der Waals surface area contributed by atoms with Crippen molar-refractivity contribution in [1.29, 1.82) is 0 Å². The lowest BCUT2D eigenvalue weighted by molar-refractivity contribution is -0.123. The van der Waals surface area contributed by atoms with Gasteiger partial charge in [0.2, 0.25) is 5.91 Å². The van der Waals surface area contributed by atoms with Gasteiger partial charge in [0.1, 0.15) is 5.75 Å². The summed E-state index contributed by atoms with van der Waals surface area (Å²) in [4.78, 5) is 24.7. The number of carbonyl (C=O) groups excluding carboxylic acids is 2. The van der Waals surface area contributed by atoms with Crippen LogP contribution < -0.4 is 15.4 Å². The first-order valence-electron chi connectivity index (χ1n) is 11.7. The maximum Gasteiger partial charge on any atom is 0.258 e. The van der Waals surface area contributed by atoms with Crippen LogP contribution in [0, 0.1) is 13.8 Å². The molecule has 0 atom stereocenters. The predicted octanol–water partition coefficient (Wildman–Crippen LogP) is 4.46. The number of rotatable bonds is 11. The highest BCUT2D eigenvalue weighted by Crippen LogP contribution is 2.27. The molecule has 186 valence electrons. The van der Waals surface area contributed by atoms with E-state index in [0.717, 1.165) is 28.1 Å². The van der Waals surface area contributed by atoms with E-state index in [9.17, 15) is 9.59 Å². The zero-order chi connectivity index (χ0) is 25.4. The molecule has 0 saturated carbocycles. The monoisotopic (exact) mass is 495 g/mol. The zero-order valence-corrected chi connectivity index (χ0v) is 21.7. The van der Waals surface area contributed by atoms with Gasteiger partial charge in [0.25, 0.3) is 5.91 Å². The van der Waals surface area contributed by atoms with Gasteiger partial charge in [-0.1, -0.05) is 55.4 Å². The van der Waals surface area contributed by atoms with Crippen LogP contribution in [-0.4, -0.2) is 38.9 Å². The minimum Gasteiger partial charge on any atom is -0.483 e. The van der Waals surface area contributed by atoms with E-state index >= 15 is 0 Å². The maximum atomic E-state index is 12.4. The van der Waals surface area contributed by atoms with Gasteiger partial charge in [0.05, 0.1) is 12.3 Å². The average Bonchev–Trinajstić information content (AvgIpc) is 3.23. The van der Waals surface area contributed by atoms with Crippen molar-refractivity contribution in [2.45, 2.75) is 58.8 Å². The quantitative estimate of drug-likeness (QED) is 0.381. The third-order valence-electron chi connectivity index (χ3n) is 5.37. The highest BCUT2D eigenvalue weighted by Gasteiger charge is 2.15. The Labute approximate surface area is 210 Å². The predicted molar refractivity (Wildman–Crippen MR) is 139 cm³/mol. The van der Waals surface area contributed by atoms with Gasteiger partial charge in [0.15, 0.2) is 17.6 Å². The van der Waals surface area contributed by atoms with Gasteiger partial charge >= 0.3 is 0 Å². The Morgan fingerprint density at radius 1 is 1.03 bits per heavy atom. The number of thioether (sulfide) groups is 1. The third kappa shape index (κ3) is 7.58. The highest BCUT2D eigenvalue weighted by atomic mass is 32.2. The summed E-state index contributed by atoms with van der Waals surface area (Å²) < 4.78 is 7.70. The first-order chi connectivity index (χ1) is 16.8. The van der Waals surface area contributed by atoms with Crippen LogP contribution in [-0.2, 0) is 22.7 Å². The second-order valence-corrected chi connectivity index (χ2v) is 9.55. The number of nitrogens with zero attached hydrogens (tertiary/aromatic N) is 3. The molecule has 35 heavy (non-hydrogen) atoms. The summed E-state index contributed by atoms with van der Waals surface area (Å²) in [6, 6.07) is 13.7. The maximum absolute atomic E-state index is 12.4. The molecule has 1 aromatic heterocycles. The van der Waals surface area contributed by atoms with E-state index in [4.69, 9.17) is 4.74 Å². The zero-order valence-electron chi connectivity index (χ0n) is 20.9. The lowest BCUT2D eigenvalue weighted by Gasteiger charge is -2.15. The Bertz CT molecular complexity index is 1160. The number of hydrogen-bond acceptors (Lipinski definition) is 6. The fraction of sp³-hybridized carbons (Fsp3) is 0.385. The van der Waals surface area contributed by atoms with Crippen LogP contribution in [0.1, 0.15) is 49.2 Å². The van der Waals surface area contributed by atoms with E-state index in [1.165, 1.54) is 11.8 Å². The minimum absolute atomic E-state index is 0.0791. The Hall–Kier alpha value is -3.33. The van der Waals surface area contributed by atoms with E-state index in [2.05, 4.69) is 34.7 Å². The van der Waals surface area contributed by atoms with Crippen LogP contribution in [0.25, 0.3) is 0 Å². The minimum atomic E-state index is -0.237. The van der Waals surface area contributed by atoms with Crippen molar-refractivity contribution in [3.8, 4) is 5.75 Å². The lowest BCUT2D eigenvalue weighted by atomic mass is 10.0. The van der Waals surface area contributed by atoms with Crippen molar-refractivity contribution >= 4 is 29.3 Å². The molecular formula is C26H33N5O3S. The van der Waals surface area contributed by atoms with Crippen LogP contribution in [0.5, 0.6) is 5.75 Å². The van der Waals surface area contributed by atoms with E-state index in [0.29, 0.717) is 23.4 Å². The number of nitrogens with one attached hydrogen (secondary N) is 2. The van der Waals surface area contributed by atoms with Gasteiger partial charge < -0.3 is 19.9 Å². The Morgan fingerprint density at radius 3 is 2.43 bits per heavy atom. The molecule has 2 amide bonds. The summed E-state index contributed by atoms with van der Waals surface area (Å²) in [6.07, 6.45) is 0. The van der Waals surface area contributed by atoms with Crippen molar-refractivity contribution in [2.24, 2.45) is 0 Å². The number of ether oxygens (including phenoxy) is 1. The number of carbonyl (C=O) groups is 2. The molecule has 2 aromatic carbocycles. The molecule has 0 aliphatic heterocycles. The lowest BCUT2D eigenvalue weighted by Crippen LogP contribution is -2.29. The fourth-order valence-electron chi connectivity index (χ4n) is 3.45. The molecular weight excluding hydrogens is 462 g/mol. The summed E-state index contributed by atoms with van der Waals surface area (Å²) in [7, 11) is 0. The average molecular weight is 496 g/mol. The van der Waals surface area contributed by atoms with Gasteiger partial charge in [-0.05, 0) is 56.0 Å². The van der Waals surface area contributed by atoms with Crippen molar-refractivity contribution in [3.63, 3.8) is 0 Å². The number of anilines is 1. The van der Waals surface area contributed by atoms with Gasteiger partial charge in [-0.15, -0.1) is 10.2 Å². The van der Waals surface area contributed by atoms with Gasteiger partial charge in [-0.2, -0.15) is 0 Å². The van der Waals surface area contributed by atoms with E-state index < -0.39 is 0 Å². The van der Waals surface area contributed by atoms with Crippen LogP contribution in [0.3, 0.4) is 0 Å². The van der Waals surface area contributed by atoms with Crippen molar-refractivity contribution < 1.29 is 14.3 Å². The summed E-state index contributed by atoms with van der Waals surface area (Å²) in [5.41, 5.74) is 4.05.